The van der Waals surface area contributed by atoms with Crippen LogP contribution in [0.25, 0.3) is 10.9 Å². The van der Waals surface area contributed by atoms with Crippen LogP contribution in [0, 0.1) is 5.92 Å². The summed E-state index contributed by atoms with van der Waals surface area (Å²) >= 11 is 0. The molecule has 0 aliphatic rings. The van der Waals surface area contributed by atoms with Gasteiger partial charge in [-0.1, -0.05) is 62.4 Å². The van der Waals surface area contributed by atoms with E-state index in [1.807, 2.05) is 68.4 Å². The molecule has 0 fully saturated rings. The zero-order valence-electron chi connectivity index (χ0n) is 25.7. The monoisotopic (exact) mass is 620 g/mol. The minimum atomic E-state index is -1.22. The van der Waals surface area contributed by atoms with E-state index in [9.17, 15) is 24.3 Å². The third-order valence-electron chi connectivity index (χ3n) is 7.27. The summed E-state index contributed by atoms with van der Waals surface area (Å²) in [5.41, 5.74) is 19.4. The van der Waals surface area contributed by atoms with Gasteiger partial charge >= 0.3 is 5.97 Å². The number of carbonyl (C=O) groups is 4. The van der Waals surface area contributed by atoms with Crippen LogP contribution in [0.4, 0.5) is 0 Å². The van der Waals surface area contributed by atoms with E-state index in [4.69, 9.17) is 17.2 Å². The predicted molar refractivity (Wildman–Crippen MR) is 173 cm³/mol. The van der Waals surface area contributed by atoms with Crippen LogP contribution in [-0.4, -0.2) is 70.5 Å². The highest BCUT2D eigenvalue weighted by Crippen LogP contribution is 2.19. The van der Waals surface area contributed by atoms with Crippen molar-refractivity contribution in [3.05, 3.63) is 71.9 Å². The Bertz CT molecular complexity index is 1470. The molecule has 4 atom stereocenters. The largest absolute Gasteiger partial charge is 0.480 e. The molecule has 11 N–H and O–H groups in total. The third kappa shape index (κ3) is 10.9. The first-order valence-corrected chi connectivity index (χ1v) is 15.0. The molecule has 1 heterocycles. The van der Waals surface area contributed by atoms with Gasteiger partial charge in [0.25, 0.3) is 0 Å². The van der Waals surface area contributed by atoms with Gasteiger partial charge in [0.05, 0.1) is 6.04 Å². The van der Waals surface area contributed by atoms with Crippen LogP contribution in [0.3, 0.4) is 0 Å². The van der Waals surface area contributed by atoms with Gasteiger partial charge in [0.15, 0.2) is 5.96 Å². The van der Waals surface area contributed by atoms with Crippen molar-refractivity contribution in [1.29, 1.82) is 0 Å². The molecule has 0 bridgehead atoms. The number of para-hydroxylation sites is 1. The molecule has 0 spiro atoms. The second-order valence-corrected chi connectivity index (χ2v) is 11.5. The molecular weight excluding hydrogens is 576 g/mol. The Hall–Kier alpha value is -4.91. The Morgan fingerprint density at radius 3 is 2.13 bits per heavy atom. The number of hydrogen-bond donors (Lipinski definition) is 8. The summed E-state index contributed by atoms with van der Waals surface area (Å²) in [5.74, 6) is -3.12. The molecule has 0 aliphatic heterocycles. The predicted octanol–water partition coefficient (Wildman–Crippen LogP) is 0.919. The van der Waals surface area contributed by atoms with E-state index in [1.165, 1.54) is 0 Å². The highest BCUT2D eigenvalue weighted by atomic mass is 16.4. The lowest BCUT2D eigenvalue weighted by Gasteiger charge is -2.26. The molecule has 3 rings (SSSR count). The average molecular weight is 621 g/mol. The number of aromatic amines is 1. The van der Waals surface area contributed by atoms with Crippen molar-refractivity contribution in [1.82, 2.24) is 20.9 Å². The lowest BCUT2D eigenvalue weighted by Crippen LogP contribution is -2.58. The van der Waals surface area contributed by atoms with Gasteiger partial charge in [0.2, 0.25) is 17.7 Å². The van der Waals surface area contributed by atoms with E-state index >= 15 is 0 Å². The molecular formula is C32H44N8O5. The normalized spacial score (nSPS) is 13.8. The second-order valence-electron chi connectivity index (χ2n) is 11.5. The van der Waals surface area contributed by atoms with Gasteiger partial charge in [0.1, 0.15) is 18.1 Å². The van der Waals surface area contributed by atoms with Crippen LogP contribution < -0.4 is 33.2 Å². The van der Waals surface area contributed by atoms with Gasteiger partial charge in [-0.25, -0.2) is 4.79 Å². The summed E-state index contributed by atoms with van der Waals surface area (Å²) in [6.07, 6.45) is 2.81. The standard InChI is InChI=1S/C32H44N8O5/c1-19(2)15-26(29(42)38-25(31(44)45)13-8-14-36-32(34)35)40-30(43)27(17-21-18-37-24-12-7-6-11-22(21)24)39-28(41)23(33)16-20-9-4-3-5-10-20/h3-7,9-12,18-19,23,25-27,37H,8,13-17,33H2,1-2H3,(H,38,42)(H,39,41)(H,40,43)(H,44,45)(H4,34,35,36). The Morgan fingerprint density at radius 1 is 0.844 bits per heavy atom. The number of rotatable bonds is 17. The number of nitrogens with two attached hydrogens (primary N) is 3. The number of aromatic nitrogens is 1. The number of H-pyrrole nitrogens is 1. The molecule has 13 heteroatoms. The zero-order valence-corrected chi connectivity index (χ0v) is 25.7. The van der Waals surface area contributed by atoms with Crippen LogP contribution in [0.5, 0.6) is 0 Å². The van der Waals surface area contributed by atoms with E-state index in [2.05, 4.69) is 25.9 Å². The lowest BCUT2D eigenvalue weighted by molar-refractivity contribution is -0.142. The van der Waals surface area contributed by atoms with Crippen LogP contribution in [-0.2, 0) is 32.0 Å². The van der Waals surface area contributed by atoms with Crippen LogP contribution >= 0.6 is 0 Å². The highest BCUT2D eigenvalue weighted by Gasteiger charge is 2.31. The summed E-state index contributed by atoms with van der Waals surface area (Å²) in [6.45, 7) is 3.96. The minimum absolute atomic E-state index is 0.0212. The Kier molecular flexibility index (Phi) is 12.9. The molecule has 45 heavy (non-hydrogen) atoms. The summed E-state index contributed by atoms with van der Waals surface area (Å²) in [4.78, 5) is 59.3. The minimum Gasteiger partial charge on any atom is -0.480 e. The highest BCUT2D eigenvalue weighted by molar-refractivity contribution is 5.95. The number of aliphatic imine (C=N–C) groups is 1. The molecule has 3 amide bonds. The SMILES string of the molecule is CC(C)CC(NC(=O)C(Cc1c[nH]c2ccccc12)NC(=O)C(N)Cc1ccccc1)C(=O)NC(CCCN=C(N)N)C(=O)O. The number of carbonyl (C=O) groups excluding carboxylic acids is 3. The number of fused-ring (bicyclic) bond motifs is 1. The number of carboxylic acids is 1. The maximum Gasteiger partial charge on any atom is 0.326 e. The van der Waals surface area contributed by atoms with E-state index in [0.717, 1.165) is 22.0 Å². The second kappa shape index (κ2) is 16.8. The fourth-order valence-electron chi connectivity index (χ4n) is 4.98. The topological polar surface area (TPSA) is 231 Å². The lowest BCUT2D eigenvalue weighted by atomic mass is 9.99. The molecule has 0 radical (unpaired) electrons. The molecule has 4 unspecified atom stereocenters. The van der Waals surface area contributed by atoms with Gasteiger partial charge in [-0.3, -0.25) is 19.4 Å². The Balaban J connectivity index is 1.79. The zero-order chi connectivity index (χ0) is 32.9. The summed E-state index contributed by atoms with van der Waals surface area (Å²) < 4.78 is 0. The quantitative estimate of drug-likeness (QED) is 0.0613. The summed E-state index contributed by atoms with van der Waals surface area (Å²) in [6, 6.07) is 12.6. The van der Waals surface area contributed by atoms with Crippen molar-refractivity contribution in [2.24, 2.45) is 28.1 Å². The smallest absolute Gasteiger partial charge is 0.326 e. The number of carboxylic acid groups (broad SMARTS) is 1. The fraction of sp³-hybridized carbons (Fsp3) is 0.406. The van der Waals surface area contributed by atoms with Crippen molar-refractivity contribution in [2.75, 3.05) is 6.54 Å². The molecule has 242 valence electrons. The molecule has 0 aliphatic carbocycles. The van der Waals surface area contributed by atoms with E-state index in [1.54, 1.807) is 6.20 Å². The first-order chi connectivity index (χ1) is 21.4. The fourth-order valence-corrected chi connectivity index (χ4v) is 4.98. The maximum atomic E-state index is 13.8. The number of hydrogen-bond acceptors (Lipinski definition) is 6. The average Bonchev–Trinajstić information content (AvgIpc) is 3.40. The Morgan fingerprint density at radius 2 is 1.47 bits per heavy atom. The number of guanidine groups is 1. The van der Waals surface area contributed by atoms with Crippen LogP contribution in [0.1, 0.15) is 44.2 Å². The Labute approximate surface area is 262 Å². The van der Waals surface area contributed by atoms with Crippen LogP contribution in [0.15, 0.2) is 65.8 Å². The number of nitrogens with zero attached hydrogens (tertiary/aromatic N) is 1. The number of benzene rings is 2. The number of nitrogens with one attached hydrogen (secondary N) is 4. The summed E-state index contributed by atoms with van der Waals surface area (Å²) in [7, 11) is 0. The summed E-state index contributed by atoms with van der Waals surface area (Å²) in [5, 5.41) is 18.7. The van der Waals surface area contributed by atoms with Crippen molar-refractivity contribution < 1.29 is 24.3 Å². The molecule has 13 nitrogen and oxygen atoms in total. The first-order valence-electron chi connectivity index (χ1n) is 15.0. The van der Waals surface area contributed by atoms with Gasteiger partial charge in [-0.05, 0) is 48.8 Å². The number of amides is 3. The van der Waals surface area contributed by atoms with E-state index < -0.39 is 47.9 Å². The number of aliphatic carboxylic acids is 1. The molecule has 0 saturated heterocycles. The molecule has 2 aromatic carbocycles. The van der Waals surface area contributed by atoms with Gasteiger partial charge in [-0.15, -0.1) is 0 Å². The van der Waals surface area contributed by atoms with E-state index in [0.29, 0.717) is 6.42 Å². The molecule has 3 aromatic rings. The van der Waals surface area contributed by atoms with Gasteiger partial charge < -0.3 is 43.2 Å². The van der Waals surface area contributed by atoms with Crippen LogP contribution in [0.2, 0.25) is 0 Å². The van der Waals surface area contributed by atoms with Crippen molar-refractivity contribution in [2.45, 2.75) is 70.1 Å². The van der Waals surface area contributed by atoms with Crippen molar-refractivity contribution >= 4 is 40.6 Å². The third-order valence-corrected chi connectivity index (χ3v) is 7.27. The van der Waals surface area contributed by atoms with Gasteiger partial charge in [0, 0.05) is 30.1 Å². The van der Waals surface area contributed by atoms with Crippen molar-refractivity contribution in [3.63, 3.8) is 0 Å². The van der Waals surface area contributed by atoms with Gasteiger partial charge in [-0.2, -0.15) is 0 Å². The maximum absolute atomic E-state index is 13.8. The van der Waals surface area contributed by atoms with Crippen molar-refractivity contribution in [3.8, 4) is 0 Å². The first kappa shape index (κ1) is 34.6. The van der Waals surface area contributed by atoms with E-state index in [-0.39, 0.29) is 44.1 Å². The molecule has 1 aromatic heterocycles. The molecule has 0 saturated carbocycles.